The molecule has 0 bridgehead atoms. The van der Waals surface area contributed by atoms with E-state index in [9.17, 15) is 9.90 Å². The van der Waals surface area contributed by atoms with Crippen molar-refractivity contribution < 1.29 is 14.6 Å². The van der Waals surface area contributed by atoms with Crippen molar-refractivity contribution in [2.75, 3.05) is 20.6 Å². The molecule has 0 heterocycles. The molecule has 30 heavy (non-hydrogen) atoms. The van der Waals surface area contributed by atoms with E-state index in [1.54, 1.807) is 0 Å². The number of unbranched alkanes of at least 4 members (excludes halogenated alkanes) is 2. The smallest absolute Gasteiger partial charge is 0.312 e. The summed E-state index contributed by atoms with van der Waals surface area (Å²) in [4.78, 5) is 14.5. The third-order valence-corrected chi connectivity index (χ3v) is 5.95. The van der Waals surface area contributed by atoms with Gasteiger partial charge in [0.05, 0.1) is 6.42 Å². The van der Waals surface area contributed by atoms with E-state index in [1.807, 2.05) is 38.1 Å². The molecule has 1 aromatic rings. The van der Waals surface area contributed by atoms with E-state index < -0.39 is 0 Å². The van der Waals surface area contributed by atoms with Crippen LogP contribution in [0.15, 0.2) is 35.9 Å². The van der Waals surface area contributed by atoms with Crippen molar-refractivity contribution in [1.29, 1.82) is 0 Å². The summed E-state index contributed by atoms with van der Waals surface area (Å²) in [5.41, 5.74) is 4.14. The van der Waals surface area contributed by atoms with Gasteiger partial charge in [0.2, 0.25) is 0 Å². The third kappa shape index (κ3) is 6.73. The van der Waals surface area contributed by atoms with Crippen LogP contribution in [0.4, 0.5) is 0 Å². The highest BCUT2D eigenvalue weighted by molar-refractivity contribution is 5.74. The number of allylic oxidation sites excluding steroid dienone is 3. The average Bonchev–Trinajstić information content (AvgIpc) is 2.66. The van der Waals surface area contributed by atoms with Crippen molar-refractivity contribution in [3.63, 3.8) is 0 Å². The topological polar surface area (TPSA) is 49.8 Å². The number of phenols is 1. The number of aromatic hydroxyl groups is 1. The summed E-state index contributed by atoms with van der Waals surface area (Å²) in [5, 5.41) is 11.0. The summed E-state index contributed by atoms with van der Waals surface area (Å²) in [7, 11) is 3.87. The van der Waals surface area contributed by atoms with E-state index in [0.29, 0.717) is 18.7 Å². The van der Waals surface area contributed by atoms with E-state index in [2.05, 4.69) is 26.5 Å². The Balaban J connectivity index is 2.44. The highest BCUT2D eigenvalue weighted by Crippen LogP contribution is 2.47. The maximum absolute atomic E-state index is 12.6. The van der Waals surface area contributed by atoms with Crippen LogP contribution >= 0.6 is 0 Å². The summed E-state index contributed by atoms with van der Waals surface area (Å²) in [6, 6.07) is 3.82. The first-order valence-corrected chi connectivity index (χ1v) is 11.3. The predicted octanol–water partition coefficient (Wildman–Crippen LogP) is 6.00. The number of hydrogen-bond donors (Lipinski definition) is 1. The normalized spacial score (nSPS) is 18.9. The molecule has 1 N–H and O–H groups in total. The molecule has 1 aliphatic rings. The first kappa shape index (κ1) is 24.2. The van der Waals surface area contributed by atoms with Gasteiger partial charge in [0.1, 0.15) is 11.5 Å². The predicted molar refractivity (Wildman–Crippen MR) is 124 cm³/mol. The van der Waals surface area contributed by atoms with Crippen LogP contribution in [0.3, 0.4) is 0 Å². The van der Waals surface area contributed by atoms with E-state index >= 15 is 0 Å². The highest BCUT2D eigenvalue weighted by Gasteiger charge is 2.31. The van der Waals surface area contributed by atoms with Gasteiger partial charge in [-0.3, -0.25) is 4.79 Å². The van der Waals surface area contributed by atoms with E-state index in [4.69, 9.17) is 4.74 Å². The molecule has 0 unspecified atom stereocenters. The maximum atomic E-state index is 12.6. The summed E-state index contributed by atoms with van der Waals surface area (Å²) in [6.45, 7) is 11.2. The molecular formula is C26H39NO3. The zero-order chi connectivity index (χ0) is 22.3. The largest absolute Gasteiger partial charge is 0.507 e. The Labute approximate surface area is 182 Å². The second-order valence-electron chi connectivity index (χ2n) is 9.04. The van der Waals surface area contributed by atoms with Crippen molar-refractivity contribution in [3.8, 4) is 11.5 Å². The highest BCUT2D eigenvalue weighted by atomic mass is 16.5. The summed E-state index contributed by atoms with van der Waals surface area (Å²) in [6.07, 6.45) is 8.76. The molecule has 0 fully saturated rings. The van der Waals surface area contributed by atoms with Crippen LogP contribution in [-0.4, -0.2) is 36.6 Å². The van der Waals surface area contributed by atoms with Gasteiger partial charge in [-0.15, -0.1) is 0 Å². The van der Waals surface area contributed by atoms with Crippen molar-refractivity contribution in [2.45, 2.75) is 71.6 Å². The molecule has 0 saturated carbocycles. The Kier molecular flexibility index (Phi) is 9.16. The number of esters is 1. The molecule has 0 spiro atoms. The van der Waals surface area contributed by atoms with Crippen LogP contribution in [0, 0.1) is 5.92 Å². The fourth-order valence-electron chi connectivity index (χ4n) is 4.21. The van der Waals surface area contributed by atoms with Gasteiger partial charge in [-0.05, 0) is 77.2 Å². The third-order valence-electron chi connectivity index (χ3n) is 5.95. The van der Waals surface area contributed by atoms with Gasteiger partial charge in [-0.25, -0.2) is 0 Å². The standard InChI is InChI=1S/C26H39NO3/c1-7-8-9-10-20-16-23(28)26(22-15-19(4)11-12-21(22)18(2)3)24(17-20)30-25(29)13-14-27(5)6/h15-17,21-22,28H,2,7-14H2,1,3-6H3/t21-,22+/m0/s1. The Morgan fingerprint density at radius 1 is 1.30 bits per heavy atom. The second kappa shape index (κ2) is 11.4. The molecule has 2 atom stereocenters. The quantitative estimate of drug-likeness (QED) is 0.221. The van der Waals surface area contributed by atoms with Crippen LogP contribution in [0.5, 0.6) is 11.5 Å². The van der Waals surface area contributed by atoms with Gasteiger partial charge >= 0.3 is 5.97 Å². The second-order valence-corrected chi connectivity index (χ2v) is 9.04. The van der Waals surface area contributed by atoms with Crippen LogP contribution in [0.2, 0.25) is 0 Å². The van der Waals surface area contributed by atoms with Crippen LogP contribution in [-0.2, 0) is 11.2 Å². The molecule has 0 amide bonds. The Hall–Kier alpha value is -2.07. The minimum Gasteiger partial charge on any atom is -0.507 e. The fourth-order valence-corrected chi connectivity index (χ4v) is 4.21. The van der Waals surface area contributed by atoms with Crippen molar-refractivity contribution in [1.82, 2.24) is 4.90 Å². The number of benzene rings is 1. The lowest BCUT2D eigenvalue weighted by atomic mass is 9.73. The average molecular weight is 414 g/mol. The number of ether oxygens (including phenoxy) is 1. The molecule has 1 aromatic carbocycles. The molecule has 0 saturated heterocycles. The first-order valence-electron chi connectivity index (χ1n) is 11.3. The van der Waals surface area contributed by atoms with Crippen molar-refractivity contribution >= 4 is 5.97 Å². The van der Waals surface area contributed by atoms with Crippen LogP contribution in [0.1, 0.15) is 76.3 Å². The molecule has 4 nitrogen and oxygen atoms in total. The summed E-state index contributed by atoms with van der Waals surface area (Å²) >= 11 is 0. The zero-order valence-electron chi connectivity index (χ0n) is 19.5. The van der Waals surface area contributed by atoms with Crippen LogP contribution < -0.4 is 4.74 Å². The molecule has 2 rings (SSSR count). The molecular weight excluding hydrogens is 374 g/mol. The van der Waals surface area contributed by atoms with Gasteiger partial charge in [-0.1, -0.05) is 43.6 Å². The number of hydrogen-bond acceptors (Lipinski definition) is 4. The molecule has 4 heteroatoms. The van der Waals surface area contributed by atoms with E-state index in [0.717, 1.165) is 55.2 Å². The van der Waals surface area contributed by atoms with Gasteiger partial charge in [-0.2, -0.15) is 0 Å². The molecule has 0 aliphatic heterocycles. The molecule has 0 aromatic heterocycles. The SMILES string of the molecule is C=C(C)[C@@H]1CCC(C)=C[C@H]1c1c(O)cc(CCCCC)cc1OC(=O)CCN(C)C. The van der Waals surface area contributed by atoms with E-state index in [1.165, 1.54) is 5.57 Å². The molecule has 166 valence electrons. The Morgan fingerprint density at radius 2 is 2.03 bits per heavy atom. The minimum atomic E-state index is -0.265. The number of phenolic OH excluding ortho intramolecular Hbond substituents is 1. The number of nitrogens with zero attached hydrogens (tertiary/aromatic N) is 1. The van der Waals surface area contributed by atoms with Crippen LogP contribution in [0.25, 0.3) is 0 Å². The van der Waals surface area contributed by atoms with E-state index in [-0.39, 0.29) is 23.6 Å². The lowest BCUT2D eigenvalue weighted by molar-refractivity contribution is -0.134. The number of aryl methyl sites for hydroxylation is 1. The van der Waals surface area contributed by atoms with Gasteiger partial charge in [0.15, 0.2) is 0 Å². The lowest BCUT2D eigenvalue weighted by Gasteiger charge is -2.32. The fraction of sp³-hybridized carbons (Fsp3) is 0.577. The van der Waals surface area contributed by atoms with Crippen molar-refractivity contribution in [2.24, 2.45) is 5.92 Å². The number of carbonyl (C=O) groups excluding carboxylic acids is 1. The lowest BCUT2D eigenvalue weighted by Crippen LogP contribution is -2.21. The molecule has 1 aliphatic carbocycles. The summed E-state index contributed by atoms with van der Waals surface area (Å²) in [5.74, 6) is 0.662. The van der Waals surface area contributed by atoms with Gasteiger partial charge in [0, 0.05) is 18.0 Å². The van der Waals surface area contributed by atoms with Gasteiger partial charge < -0.3 is 14.7 Å². The monoisotopic (exact) mass is 413 g/mol. The number of rotatable bonds is 10. The summed E-state index contributed by atoms with van der Waals surface area (Å²) < 4.78 is 5.86. The van der Waals surface area contributed by atoms with Crippen molar-refractivity contribution in [3.05, 3.63) is 47.1 Å². The zero-order valence-corrected chi connectivity index (χ0v) is 19.5. The Bertz CT molecular complexity index is 779. The first-order chi connectivity index (χ1) is 14.2. The molecule has 0 radical (unpaired) electrons. The van der Waals surface area contributed by atoms with Gasteiger partial charge in [0.25, 0.3) is 0 Å². The number of carbonyl (C=O) groups is 1. The Morgan fingerprint density at radius 3 is 2.67 bits per heavy atom. The minimum absolute atomic E-state index is 0.0300. The maximum Gasteiger partial charge on any atom is 0.312 e.